The van der Waals surface area contributed by atoms with Crippen LogP contribution in [0.15, 0.2) is 60.7 Å². The summed E-state index contributed by atoms with van der Waals surface area (Å²) in [4.78, 5) is 3.37. The van der Waals surface area contributed by atoms with E-state index in [2.05, 4.69) is 10.2 Å². The molecule has 2 N–H and O–H groups in total. The van der Waals surface area contributed by atoms with Crippen LogP contribution < -0.4 is 10.8 Å². The Bertz CT molecular complexity index is 475. The maximum absolute atomic E-state index is 11.5. The molecule has 0 heterocycles. The zero-order valence-corrected chi connectivity index (χ0v) is 10.8. The molecule has 3 nitrogen and oxygen atoms in total. The summed E-state index contributed by atoms with van der Waals surface area (Å²) in [5, 5.41) is 3.03. The molecule has 0 amide bonds. The molecule has 6 heteroatoms. The van der Waals surface area contributed by atoms with Crippen molar-refractivity contribution in [2.24, 2.45) is 0 Å². The van der Waals surface area contributed by atoms with Crippen molar-refractivity contribution in [3.05, 3.63) is 60.7 Å². The maximum atomic E-state index is 11.5. The molecule has 2 aromatic carbocycles. The number of rotatable bonds is 3. The Hall–Kier alpha value is -2.21. The summed E-state index contributed by atoms with van der Waals surface area (Å²) in [7, 11) is 1.91. The van der Waals surface area contributed by atoms with Crippen LogP contribution in [-0.2, 0) is 4.84 Å². The van der Waals surface area contributed by atoms with Crippen LogP contribution >= 0.6 is 0 Å². The van der Waals surface area contributed by atoms with E-state index in [9.17, 15) is 13.2 Å². The zero-order chi connectivity index (χ0) is 14.8. The molecule has 0 aliphatic carbocycles. The Balaban J connectivity index is 0.000000217. The van der Waals surface area contributed by atoms with Gasteiger partial charge in [0.25, 0.3) is 0 Å². The van der Waals surface area contributed by atoms with E-state index >= 15 is 0 Å². The lowest BCUT2D eigenvalue weighted by atomic mass is 10.3. The van der Waals surface area contributed by atoms with E-state index < -0.39 is 6.36 Å². The van der Waals surface area contributed by atoms with E-state index in [1.54, 1.807) is 23.7 Å². The van der Waals surface area contributed by atoms with Crippen molar-refractivity contribution in [2.45, 2.75) is 6.36 Å². The van der Waals surface area contributed by atoms with Crippen molar-refractivity contribution in [2.75, 3.05) is 17.8 Å². The Kier molecular flexibility index (Phi) is 6.39. The van der Waals surface area contributed by atoms with Gasteiger partial charge in [0.05, 0.1) is 5.69 Å². The lowest BCUT2D eigenvalue weighted by molar-refractivity contribution is -0.311. The third kappa shape index (κ3) is 7.27. The molecule has 2 rings (SSSR count). The Morgan fingerprint density at radius 3 is 1.60 bits per heavy atom. The monoisotopic (exact) mass is 284 g/mol. The first-order chi connectivity index (χ1) is 9.51. The molecule has 0 atom stereocenters. The molecular formula is C14H15F3N2O. The zero-order valence-electron chi connectivity index (χ0n) is 10.8. The highest BCUT2D eigenvalue weighted by atomic mass is 19.4. The van der Waals surface area contributed by atoms with Crippen LogP contribution in [0, 0.1) is 0 Å². The predicted octanol–water partition coefficient (Wildman–Crippen LogP) is 4.28. The molecule has 0 bridgehead atoms. The highest BCUT2D eigenvalue weighted by molar-refractivity contribution is 5.41. The molecule has 0 saturated heterocycles. The number of nitrogens with one attached hydrogen (secondary N) is 2. The van der Waals surface area contributed by atoms with E-state index in [-0.39, 0.29) is 5.69 Å². The van der Waals surface area contributed by atoms with Gasteiger partial charge in [0, 0.05) is 12.7 Å². The highest BCUT2D eigenvalue weighted by Gasteiger charge is 2.29. The number of hydrogen-bond acceptors (Lipinski definition) is 3. The van der Waals surface area contributed by atoms with Gasteiger partial charge < -0.3 is 5.32 Å². The van der Waals surface area contributed by atoms with Gasteiger partial charge in [0.1, 0.15) is 0 Å². The molecule has 0 aliphatic heterocycles. The molecule has 2 aromatic rings. The summed E-state index contributed by atoms with van der Waals surface area (Å²) in [6, 6.07) is 17.9. The van der Waals surface area contributed by atoms with E-state index in [1.807, 2.05) is 37.4 Å². The number of halogens is 3. The third-order valence-electron chi connectivity index (χ3n) is 2.12. The van der Waals surface area contributed by atoms with Crippen LogP contribution in [0.25, 0.3) is 0 Å². The minimum absolute atomic E-state index is 0.259. The van der Waals surface area contributed by atoms with Gasteiger partial charge in [0.2, 0.25) is 0 Å². The van der Waals surface area contributed by atoms with Crippen LogP contribution in [0.5, 0.6) is 0 Å². The second-order valence-electron chi connectivity index (χ2n) is 3.63. The first kappa shape index (κ1) is 15.8. The second-order valence-corrected chi connectivity index (χ2v) is 3.63. The number of anilines is 2. The third-order valence-corrected chi connectivity index (χ3v) is 2.12. The SMILES string of the molecule is CNc1ccccc1.FC(F)(F)ONc1ccccc1. The summed E-state index contributed by atoms with van der Waals surface area (Å²) in [5.41, 5.74) is 3.18. The van der Waals surface area contributed by atoms with Crippen LogP contribution in [0.2, 0.25) is 0 Å². The van der Waals surface area contributed by atoms with Gasteiger partial charge in [-0.3, -0.25) is 5.48 Å². The number of para-hydroxylation sites is 2. The average molecular weight is 284 g/mol. The van der Waals surface area contributed by atoms with Gasteiger partial charge in [-0.15, -0.1) is 13.2 Å². The van der Waals surface area contributed by atoms with E-state index in [1.165, 1.54) is 12.1 Å². The van der Waals surface area contributed by atoms with Crippen LogP contribution in [0.1, 0.15) is 0 Å². The quantitative estimate of drug-likeness (QED) is 0.825. The molecule has 0 radical (unpaired) electrons. The highest BCUT2D eigenvalue weighted by Crippen LogP contribution is 2.17. The van der Waals surface area contributed by atoms with Gasteiger partial charge in [-0.1, -0.05) is 36.4 Å². The predicted molar refractivity (Wildman–Crippen MR) is 73.2 cm³/mol. The molecule has 0 unspecified atom stereocenters. The lowest BCUT2D eigenvalue weighted by Gasteiger charge is -2.08. The van der Waals surface area contributed by atoms with Crippen LogP contribution in [0.4, 0.5) is 24.5 Å². The summed E-state index contributed by atoms with van der Waals surface area (Å²) in [6.45, 7) is 0. The molecule has 20 heavy (non-hydrogen) atoms. The van der Waals surface area contributed by atoms with Gasteiger partial charge >= 0.3 is 6.36 Å². The van der Waals surface area contributed by atoms with Gasteiger partial charge in [0.15, 0.2) is 0 Å². The number of benzene rings is 2. The minimum Gasteiger partial charge on any atom is -0.388 e. The van der Waals surface area contributed by atoms with Gasteiger partial charge in [-0.25, -0.2) is 0 Å². The van der Waals surface area contributed by atoms with Crippen LogP contribution in [0.3, 0.4) is 0 Å². The molecular weight excluding hydrogens is 269 g/mol. The fourth-order valence-electron chi connectivity index (χ4n) is 1.23. The summed E-state index contributed by atoms with van der Waals surface area (Å²) in [6.07, 6.45) is -4.66. The van der Waals surface area contributed by atoms with Crippen molar-refractivity contribution >= 4 is 11.4 Å². The Labute approximate surface area is 115 Å². The normalized spacial score (nSPS) is 10.2. The summed E-state index contributed by atoms with van der Waals surface area (Å²) in [5.74, 6) is 0. The topological polar surface area (TPSA) is 33.3 Å². The van der Waals surface area contributed by atoms with E-state index in [0.717, 1.165) is 5.69 Å². The number of hydrogen-bond donors (Lipinski definition) is 2. The van der Waals surface area contributed by atoms with Crippen molar-refractivity contribution in [1.29, 1.82) is 0 Å². The second kappa shape index (κ2) is 8.06. The minimum atomic E-state index is -4.66. The molecule has 0 saturated carbocycles. The first-order valence-electron chi connectivity index (χ1n) is 5.80. The van der Waals surface area contributed by atoms with Gasteiger partial charge in [-0.05, 0) is 24.3 Å². The Morgan fingerprint density at radius 2 is 1.25 bits per heavy atom. The summed E-state index contributed by atoms with van der Waals surface area (Å²) < 4.78 is 34.4. The standard InChI is InChI=1S/C7H6F3NO.C7H9N/c8-7(9,10)12-11-6-4-2-1-3-5-6;1-8-7-5-3-2-4-6-7/h1-5,11H;2-6,8H,1H3. The van der Waals surface area contributed by atoms with E-state index in [0.29, 0.717) is 0 Å². The largest absolute Gasteiger partial charge is 0.543 e. The summed E-state index contributed by atoms with van der Waals surface area (Å²) >= 11 is 0. The average Bonchev–Trinajstić information content (AvgIpc) is 2.47. The fourth-order valence-corrected chi connectivity index (χ4v) is 1.23. The van der Waals surface area contributed by atoms with Crippen molar-refractivity contribution in [3.8, 4) is 0 Å². The first-order valence-corrected chi connectivity index (χ1v) is 5.80. The van der Waals surface area contributed by atoms with Crippen molar-refractivity contribution in [3.63, 3.8) is 0 Å². The molecule has 0 aromatic heterocycles. The molecule has 108 valence electrons. The molecule has 0 fully saturated rings. The maximum Gasteiger partial charge on any atom is 0.543 e. The molecule has 0 aliphatic rings. The Morgan fingerprint density at radius 1 is 0.800 bits per heavy atom. The fraction of sp³-hybridized carbons (Fsp3) is 0.143. The van der Waals surface area contributed by atoms with E-state index in [4.69, 9.17) is 0 Å². The lowest BCUT2D eigenvalue weighted by Crippen LogP contribution is -2.17. The van der Waals surface area contributed by atoms with Gasteiger partial charge in [-0.2, -0.15) is 4.84 Å². The van der Waals surface area contributed by atoms with Crippen molar-refractivity contribution in [1.82, 2.24) is 0 Å². The van der Waals surface area contributed by atoms with Crippen molar-refractivity contribution < 1.29 is 18.0 Å². The molecule has 0 spiro atoms. The van der Waals surface area contributed by atoms with Crippen LogP contribution in [-0.4, -0.2) is 13.4 Å². The number of alkyl halides is 3. The smallest absolute Gasteiger partial charge is 0.388 e.